The first-order chi connectivity index (χ1) is 8.19. The molecule has 2 aromatic rings. The predicted molar refractivity (Wildman–Crippen MR) is 80.5 cm³/mol. The normalized spacial score (nSPS) is 12.6. The van der Waals surface area contributed by atoms with Gasteiger partial charge in [-0.15, -0.1) is 11.3 Å². The van der Waals surface area contributed by atoms with Crippen LogP contribution in [0.3, 0.4) is 0 Å². The van der Waals surface area contributed by atoms with E-state index in [4.69, 9.17) is 11.6 Å². The van der Waals surface area contributed by atoms with E-state index in [1.54, 1.807) is 0 Å². The summed E-state index contributed by atoms with van der Waals surface area (Å²) < 4.78 is 0. The maximum Gasteiger partial charge on any atom is 0.0529 e. The average molecular weight is 330 g/mol. The van der Waals surface area contributed by atoms with E-state index in [9.17, 15) is 0 Å². The summed E-state index contributed by atoms with van der Waals surface area (Å²) in [5, 5.41) is 0.808. The molecule has 0 aliphatic heterocycles. The molecule has 1 aromatic carbocycles. The summed E-state index contributed by atoms with van der Waals surface area (Å²) in [6.07, 6.45) is 2.09. The highest BCUT2D eigenvalue weighted by Gasteiger charge is 2.11. The Labute approximate surface area is 120 Å². The molecule has 0 fully saturated rings. The maximum atomic E-state index is 5.99. The van der Waals surface area contributed by atoms with Crippen molar-refractivity contribution in [2.45, 2.75) is 24.6 Å². The Morgan fingerprint density at radius 3 is 2.76 bits per heavy atom. The number of hydrogen-bond acceptors (Lipinski definition) is 1. The van der Waals surface area contributed by atoms with Gasteiger partial charge in [0.2, 0.25) is 0 Å². The molecule has 0 aliphatic carbocycles. The Morgan fingerprint density at radius 2 is 2.12 bits per heavy atom. The number of thiophene rings is 1. The molecule has 90 valence electrons. The van der Waals surface area contributed by atoms with Gasteiger partial charge in [0, 0.05) is 14.8 Å². The Hall–Kier alpha value is -0.310. The van der Waals surface area contributed by atoms with Crippen molar-refractivity contribution in [3.63, 3.8) is 0 Å². The standard InChI is InChI=1S/C14H14BrClS/c1-2-12-6-7-14(17-12)13(15)9-10-4-3-5-11(16)8-10/h3-8,13H,2,9H2,1H3. The molecular formula is C14H14BrClS. The van der Waals surface area contributed by atoms with Gasteiger partial charge in [-0.25, -0.2) is 0 Å². The van der Waals surface area contributed by atoms with Crippen LogP contribution in [0.15, 0.2) is 36.4 Å². The highest BCUT2D eigenvalue weighted by Crippen LogP contribution is 2.33. The number of benzene rings is 1. The van der Waals surface area contributed by atoms with Gasteiger partial charge < -0.3 is 0 Å². The van der Waals surface area contributed by atoms with Gasteiger partial charge in [-0.05, 0) is 42.7 Å². The predicted octanol–water partition coefficient (Wildman–Crippen LogP) is 5.64. The second kappa shape index (κ2) is 6.03. The first-order valence-corrected chi connectivity index (χ1v) is 7.77. The van der Waals surface area contributed by atoms with Crippen molar-refractivity contribution >= 4 is 38.9 Å². The minimum atomic E-state index is 0.381. The monoisotopic (exact) mass is 328 g/mol. The fourth-order valence-electron chi connectivity index (χ4n) is 1.72. The van der Waals surface area contributed by atoms with Crippen LogP contribution in [-0.2, 0) is 12.8 Å². The molecule has 0 bridgehead atoms. The van der Waals surface area contributed by atoms with Crippen molar-refractivity contribution in [2.24, 2.45) is 0 Å². The van der Waals surface area contributed by atoms with Crippen molar-refractivity contribution < 1.29 is 0 Å². The van der Waals surface area contributed by atoms with E-state index in [0.717, 1.165) is 17.9 Å². The lowest BCUT2D eigenvalue weighted by molar-refractivity contribution is 0.970. The lowest BCUT2D eigenvalue weighted by Crippen LogP contribution is -1.92. The molecule has 17 heavy (non-hydrogen) atoms. The molecule has 0 radical (unpaired) electrons. The van der Waals surface area contributed by atoms with E-state index >= 15 is 0 Å². The highest BCUT2D eigenvalue weighted by atomic mass is 79.9. The van der Waals surface area contributed by atoms with Crippen molar-refractivity contribution in [1.29, 1.82) is 0 Å². The molecule has 1 aromatic heterocycles. The molecule has 0 aliphatic rings. The molecule has 0 amide bonds. The molecule has 1 unspecified atom stereocenters. The minimum absolute atomic E-state index is 0.381. The SMILES string of the molecule is CCc1ccc(C(Br)Cc2cccc(Cl)c2)s1. The van der Waals surface area contributed by atoms with Crippen LogP contribution in [0.2, 0.25) is 5.02 Å². The highest BCUT2D eigenvalue weighted by molar-refractivity contribution is 9.09. The van der Waals surface area contributed by atoms with Crippen LogP contribution in [0.25, 0.3) is 0 Å². The van der Waals surface area contributed by atoms with E-state index in [1.807, 2.05) is 29.5 Å². The summed E-state index contributed by atoms with van der Waals surface area (Å²) >= 11 is 11.6. The van der Waals surface area contributed by atoms with E-state index in [2.05, 4.69) is 41.1 Å². The quantitative estimate of drug-likeness (QED) is 0.636. The third kappa shape index (κ3) is 3.57. The zero-order valence-corrected chi connectivity index (χ0v) is 12.8. The van der Waals surface area contributed by atoms with Crippen molar-refractivity contribution in [1.82, 2.24) is 0 Å². The smallest absolute Gasteiger partial charge is 0.0529 e. The summed E-state index contributed by atoms with van der Waals surface area (Å²) in [6, 6.07) is 12.5. The van der Waals surface area contributed by atoms with Crippen molar-refractivity contribution in [3.8, 4) is 0 Å². The maximum absolute atomic E-state index is 5.99. The molecule has 2 rings (SSSR count). The van der Waals surface area contributed by atoms with Crippen LogP contribution >= 0.6 is 38.9 Å². The molecule has 1 heterocycles. The summed E-state index contributed by atoms with van der Waals surface area (Å²) in [7, 11) is 0. The van der Waals surface area contributed by atoms with Gasteiger partial charge >= 0.3 is 0 Å². The Kier molecular flexibility index (Phi) is 4.66. The number of alkyl halides is 1. The Balaban J connectivity index is 2.08. The number of halogens is 2. The van der Waals surface area contributed by atoms with Gasteiger partial charge in [-0.3, -0.25) is 0 Å². The lowest BCUT2D eigenvalue weighted by atomic mass is 10.1. The molecule has 0 saturated carbocycles. The van der Waals surface area contributed by atoms with Gasteiger partial charge in [-0.2, -0.15) is 0 Å². The van der Waals surface area contributed by atoms with Gasteiger partial charge in [0.25, 0.3) is 0 Å². The zero-order chi connectivity index (χ0) is 12.3. The van der Waals surface area contributed by atoms with E-state index < -0.39 is 0 Å². The molecule has 0 N–H and O–H groups in total. The first-order valence-electron chi connectivity index (χ1n) is 5.66. The second-order valence-corrected chi connectivity index (χ2v) is 6.70. The summed E-state index contributed by atoms with van der Waals surface area (Å²) in [4.78, 5) is 3.21. The van der Waals surface area contributed by atoms with Gasteiger partial charge in [0.1, 0.15) is 0 Å². The number of hydrogen-bond donors (Lipinski definition) is 0. The van der Waals surface area contributed by atoms with Crippen LogP contribution in [0, 0.1) is 0 Å². The van der Waals surface area contributed by atoms with Crippen LogP contribution in [0.4, 0.5) is 0 Å². The topological polar surface area (TPSA) is 0 Å². The Bertz CT molecular complexity index is 492. The molecule has 0 saturated heterocycles. The third-order valence-electron chi connectivity index (χ3n) is 2.64. The van der Waals surface area contributed by atoms with Crippen LogP contribution in [0.1, 0.15) is 27.1 Å². The van der Waals surface area contributed by atoms with Crippen LogP contribution < -0.4 is 0 Å². The minimum Gasteiger partial charge on any atom is -0.144 e. The lowest BCUT2D eigenvalue weighted by Gasteiger charge is -2.07. The third-order valence-corrected chi connectivity index (χ3v) is 5.34. The van der Waals surface area contributed by atoms with E-state index in [0.29, 0.717) is 4.83 Å². The largest absolute Gasteiger partial charge is 0.144 e. The zero-order valence-electron chi connectivity index (χ0n) is 9.62. The fourth-order valence-corrected chi connectivity index (χ4v) is 3.67. The number of aryl methyl sites for hydroxylation is 1. The summed E-state index contributed by atoms with van der Waals surface area (Å²) in [5.41, 5.74) is 1.27. The van der Waals surface area contributed by atoms with Gasteiger partial charge in [0.15, 0.2) is 0 Å². The van der Waals surface area contributed by atoms with E-state index in [-0.39, 0.29) is 0 Å². The summed E-state index contributed by atoms with van der Waals surface area (Å²) in [5.74, 6) is 0. The molecule has 0 nitrogen and oxygen atoms in total. The van der Waals surface area contributed by atoms with Gasteiger partial charge in [-0.1, -0.05) is 46.6 Å². The van der Waals surface area contributed by atoms with Crippen molar-refractivity contribution in [2.75, 3.05) is 0 Å². The number of rotatable bonds is 4. The fraction of sp³-hybridized carbons (Fsp3) is 0.286. The Morgan fingerprint density at radius 1 is 1.29 bits per heavy atom. The van der Waals surface area contributed by atoms with Crippen LogP contribution in [0.5, 0.6) is 0 Å². The first kappa shape index (κ1) is 13.1. The molecule has 3 heteroatoms. The van der Waals surface area contributed by atoms with Crippen LogP contribution in [-0.4, -0.2) is 0 Å². The van der Waals surface area contributed by atoms with Crippen molar-refractivity contribution in [3.05, 3.63) is 56.7 Å². The summed E-state index contributed by atoms with van der Waals surface area (Å²) in [6.45, 7) is 2.19. The van der Waals surface area contributed by atoms with E-state index in [1.165, 1.54) is 15.3 Å². The van der Waals surface area contributed by atoms with Gasteiger partial charge in [0.05, 0.1) is 4.83 Å². The second-order valence-electron chi connectivity index (χ2n) is 3.96. The average Bonchev–Trinajstić information content (AvgIpc) is 2.77. The molecular weight excluding hydrogens is 316 g/mol. The molecule has 1 atom stereocenters. The molecule has 0 spiro atoms.